The molecule has 0 spiro atoms. The van der Waals surface area contributed by atoms with Gasteiger partial charge in [-0.2, -0.15) is 0 Å². The van der Waals surface area contributed by atoms with E-state index in [1.807, 2.05) is 47.7 Å². The van der Waals surface area contributed by atoms with E-state index in [0.717, 1.165) is 66.9 Å². The van der Waals surface area contributed by atoms with Crippen molar-refractivity contribution in [2.75, 3.05) is 0 Å². The number of hydrogen-bond donors (Lipinski definition) is 0. The van der Waals surface area contributed by atoms with Crippen LogP contribution in [0.2, 0.25) is 0 Å². The van der Waals surface area contributed by atoms with Crippen LogP contribution in [0.4, 0.5) is 0 Å². The molecule has 13 rings (SSSR count). The Morgan fingerprint density at radius 2 is 0.809 bits per heavy atom. The summed E-state index contributed by atoms with van der Waals surface area (Å²) in [5.41, 5.74) is 15.3. The highest BCUT2D eigenvalue weighted by atomic mass is 32.1. The molecule has 0 atom stereocenters. The first-order valence-electron chi connectivity index (χ1n) is 22.9. The highest BCUT2D eigenvalue weighted by Crippen LogP contribution is 2.46. The van der Waals surface area contributed by atoms with Gasteiger partial charge in [0, 0.05) is 53.3 Å². The molecule has 0 aliphatic heterocycles. The Bertz CT molecular complexity index is 3880. The summed E-state index contributed by atoms with van der Waals surface area (Å²) in [6.45, 7) is 0. The van der Waals surface area contributed by atoms with E-state index in [9.17, 15) is 0 Å². The molecule has 3 heterocycles. The quantitative estimate of drug-likeness (QED) is 0.153. The number of aromatic nitrogens is 4. The topological polar surface area (TPSA) is 43.6 Å². The Morgan fingerprint density at radius 1 is 0.279 bits per heavy atom. The molecule has 0 saturated carbocycles. The molecule has 318 valence electrons. The van der Waals surface area contributed by atoms with Crippen LogP contribution in [0.15, 0.2) is 243 Å². The predicted molar refractivity (Wildman–Crippen MR) is 285 cm³/mol. The van der Waals surface area contributed by atoms with Crippen LogP contribution in [0, 0.1) is 0 Å². The van der Waals surface area contributed by atoms with Crippen molar-refractivity contribution in [3.63, 3.8) is 0 Å². The summed E-state index contributed by atoms with van der Waals surface area (Å²) in [5, 5.41) is 5.01. The summed E-state index contributed by atoms with van der Waals surface area (Å²) in [6.07, 6.45) is 0. The molecular weight excluding hydrogens is 845 g/mol. The van der Waals surface area contributed by atoms with E-state index in [2.05, 4.69) is 211 Å². The number of para-hydroxylation sites is 2. The summed E-state index contributed by atoms with van der Waals surface area (Å²) in [5.74, 6) is 1.86. The maximum Gasteiger partial charge on any atom is 0.164 e. The van der Waals surface area contributed by atoms with Crippen molar-refractivity contribution >= 4 is 53.3 Å². The Morgan fingerprint density at radius 3 is 1.44 bits per heavy atom. The van der Waals surface area contributed by atoms with Crippen molar-refractivity contribution in [2.24, 2.45) is 0 Å². The predicted octanol–water partition coefficient (Wildman–Crippen LogP) is 17.0. The van der Waals surface area contributed by atoms with Crippen LogP contribution in [0.5, 0.6) is 0 Å². The van der Waals surface area contributed by atoms with Gasteiger partial charge in [0.2, 0.25) is 0 Å². The zero-order valence-corrected chi connectivity index (χ0v) is 37.6. The van der Waals surface area contributed by atoms with E-state index in [1.165, 1.54) is 42.0 Å². The second kappa shape index (κ2) is 16.6. The number of thiophene rings is 1. The number of nitrogens with zero attached hydrogens (tertiary/aromatic N) is 4. The summed E-state index contributed by atoms with van der Waals surface area (Å²) in [4.78, 5) is 15.8. The van der Waals surface area contributed by atoms with Gasteiger partial charge in [-0.25, -0.2) is 15.0 Å². The average molecular weight is 885 g/mol. The van der Waals surface area contributed by atoms with E-state index < -0.39 is 0 Å². The van der Waals surface area contributed by atoms with Crippen molar-refractivity contribution < 1.29 is 0 Å². The van der Waals surface area contributed by atoms with Crippen molar-refractivity contribution in [1.82, 2.24) is 19.5 Å². The molecule has 0 radical (unpaired) electrons. The van der Waals surface area contributed by atoms with E-state index in [-0.39, 0.29) is 0 Å². The van der Waals surface area contributed by atoms with Gasteiger partial charge in [0.25, 0.3) is 0 Å². The SMILES string of the molecule is c1ccc(-c2nc(-c3ccccc3)nc(-c3cc(-c4c(-c5ccccc5)cccc4-c4ccccc4)ccc3-c3ccc4c(c3)sc3cc5c(cc34)c3ccccc3n5-c3ccccc3)n2)cc1. The van der Waals surface area contributed by atoms with E-state index in [4.69, 9.17) is 15.0 Å². The molecule has 3 aromatic heterocycles. The molecular formula is C63H40N4S. The van der Waals surface area contributed by atoms with Gasteiger partial charge in [0.15, 0.2) is 17.5 Å². The lowest BCUT2D eigenvalue weighted by Crippen LogP contribution is -2.01. The smallest absolute Gasteiger partial charge is 0.164 e. The van der Waals surface area contributed by atoms with Crippen molar-refractivity contribution in [3.8, 4) is 84.4 Å². The van der Waals surface area contributed by atoms with Crippen LogP contribution >= 0.6 is 11.3 Å². The first-order chi connectivity index (χ1) is 33.7. The maximum absolute atomic E-state index is 5.34. The van der Waals surface area contributed by atoms with E-state index in [0.29, 0.717) is 17.5 Å². The standard InChI is InChI=1S/C63H40N4S/c1-6-19-41(20-7-1)49-30-18-31-50(42-21-8-2-9-22-42)60(49)46-34-35-48(55(37-46)63-65-61(43-23-10-3-11-24-43)64-62(66-63)44-25-12-4-13-26-44)45-33-36-52-54-39-53-51-29-16-17-32-56(51)67(47-27-14-5-15-28-47)57(53)40-59(54)68-58(52)38-45/h1-40H. The minimum atomic E-state index is 0.612. The van der Waals surface area contributed by atoms with Crippen LogP contribution in [-0.4, -0.2) is 19.5 Å². The molecule has 0 unspecified atom stereocenters. The molecule has 0 aliphatic carbocycles. The fourth-order valence-corrected chi connectivity index (χ4v) is 11.1. The van der Waals surface area contributed by atoms with Gasteiger partial charge in [-0.1, -0.05) is 200 Å². The fourth-order valence-electron chi connectivity index (χ4n) is 9.91. The molecule has 0 N–H and O–H groups in total. The molecule has 0 amide bonds. The zero-order chi connectivity index (χ0) is 45.0. The monoisotopic (exact) mass is 884 g/mol. The van der Waals surface area contributed by atoms with Gasteiger partial charge in [0.05, 0.1) is 11.0 Å². The zero-order valence-electron chi connectivity index (χ0n) is 36.8. The van der Waals surface area contributed by atoms with E-state index in [1.54, 1.807) is 0 Å². The van der Waals surface area contributed by atoms with Crippen molar-refractivity contribution in [3.05, 3.63) is 243 Å². The lowest BCUT2D eigenvalue weighted by molar-refractivity contribution is 1.07. The molecule has 0 saturated heterocycles. The molecule has 0 fully saturated rings. The van der Waals surface area contributed by atoms with Crippen LogP contribution in [0.1, 0.15) is 0 Å². The number of hydrogen-bond acceptors (Lipinski definition) is 4. The Hall–Kier alpha value is -8.77. The van der Waals surface area contributed by atoms with Crippen LogP contribution < -0.4 is 0 Å². The first kappa shape index (κ1) is 39.6. The molecule has 4 nitrogen and oxygen atoms in total. The molecule has 0 bridgehead atoms. The summed E-state index contributed by atoms with van der Waals surface area (Å²) in [7, 11) is 0. The van der Waals surface area contributed by atoms with Crippen molar-refractivity contribution in [1.29, 1.82) is 0 Å². The third kappa shape index (κ3) is 6.88. The largest absolute Gasteiger partial charge is 0.309 e. The van der Waals surface area contributed by atoms with Gasteiger partial charge < -0.3 is 4.57 Å². The average Bonchev–Trinajstić information content (AvgIpc) is 3.95. The first-order valence-corrected chi connectivity index (χ1v) is 23.7. The molecule has 13 aromatic rings. The van der Waals surface area contributed by atoms with Gasteiger partial charge in [-0.05, 0) is 87.0 Å². The highest BCUT2D eigenvalue weighted by molar-refractivity contribution is 7.26. The minimum Gasteiger partial charge on any atom is -0.309 e. The summed E-state index contributed by atoms with van der Waals surface area (Å²) >= 11 is 1.84. The minimum absolute atomic E-state index is 0.612. The second-order valence-electron chi connectivity index (χ2n) is 17.1. The molecule has 10 aromatic carbocycles. The second-order valence-corrected chi connectivity index (χ2v) is 18.2. The maximum atomic E-state index is 5.34. The molecule has 5 heteroatoms. The number of rotatable bonds is 8. The van der Waals surface area contributed by atoms with Crippen LogP contribution in [0.3, 0.4) is 0 Å². The van der Waals surface area contributed by atoms with Crippen LogP contribution in [-0.2, 0) is 0 Å². The molecule has 68 heavy (non-hydrogen) atoms. The normalized spacial score (nSPS) is 11.5. The summed E-state index contributed by atoms with van der Waals surface area (Å²) < 4.78 is 4.88. The third-order valence-corrected chi connectivity index (χ3v) is 14.2. The third-order valence-electron chi connectivity index (χ3n) is 13.1. The fraction of sp³-hybridized carbons (Fsp3) is 0. The van der Waals surface area contributed by atoms with Gasteiger partial charge >= 0.3 is 0 Å². The molecule has 0 aliphatic rings. The van der Waals surface area contributed by atoms with Crippen molar-refractivity contribution in [2.45, 2.75) is 0 Å². The highest BCUT2D eigenvalue weighted by Gasteiger charge is 2.22. The Kier molecular flexibility index (Phi) is 9.66. The number of benzene rings is 10. The van der Waals surface area contributed by atoms with Gasteiger partial charge in [-0.15, -0.1) is 11.3 Å². The Balaban J connectivity index is 1.05. The van der Waals surface area contributed by atoms with Crippen LogP contribution in [0.25, 0.3) is 126 Å². The van der Waals surface area contributed by atoms with Gasteiger partial charge in [-0.3, -0.25) is 0 Å². The number of fused-ring (bicyclic) bond motifs is 6. The van der Waals surface area contributed by atoms with E-state index >= 15 is 0 Å². The van der Waals surface area contributed by atoms with Gasteiger partial charge in [0.1, 0.15) is 0 Å². The lowest BCUT2D eigenvalue weighted by Gasteiger charge is -2.19. The lowest BCUT2D eigenvalue weighted by atomic mass is 9.86. The Labute approximate surface area is 397 Å². The summed E-state index contributed by atoms with van der Waals surface area (Å²) in [6, 6.07) is 86.5.